The van der Waals surface area contributed by atoms with Gasteiger partial charge in [-0.2, -0.15) is 0 Å². The number of ether oxygens (including phenoxy) is 1. The molecule has 23 heavy (non-hydrogen) atoms. The van der Waals surface area contributed by atoms with Crippen molar-refractivity contribution in [2.75, 3.05) is 20.2 Å². The van der Waals surface area contributed by atoms with Crippen LogP contribution in [0.1, 0.15) is 16.8 Å². The van der Waals surface area contributed by atoms with E-state index in [1.807, 2.05) is 6.07 Å². The molecule has 2 heterocycles. The number of rotatable bonds is 3. The highest BCUT2D eigenvalue weighted by Crippen LogP contribution is 2.24. The van der Waals surface area contributed by atoms with Gasteiger partial charge in [-0.15, -0.1) is 0 Å². The molecule has 2 aromatic carbocycles. The Labute approximate surface area is 136 Å². The molecule has 1 N–H and O–H groups in total. The van der Waals surface area contributed by atoms with Crippen LogP contribution in [-0.2, 0) is 19.4 Å². The van der Waals surface area contributed by atoms with Crippen LogP contribution in [0, 0.1) is 0 Å². The van der Waals surface area contributed by atoms with Gasteiger partial charge in [-0.05, 0) is 47.2 Å². The summed E-state index contributed by atoms with van der Waals surface area (Å²) < 4.78 is 7.80. The molecule has 1 aliphatic rings. The van der Waals surface area contributed by atoms with Gasteiger partial charge in [0.2, 0.25) is 0 Å². The molecule has 1 aliphatic heterocycles. The average Bonchev–Trinajstić information content (AvgIpc) is 2.76. The second-order valence-corrected chi connectivity index (χ2v) is 6.21. The maximum Gasteiger partial charge on any atom is 0.119 e. The lowest BCUT2D eigenvalue weighted by atomic mass is 10.0. The molecule has 3 aromatic rings. The molecule has 0 spiro atoms. The largest absolute Gasteiger partial charge is 0.497 e. The first-order valence-corrected chi connectivity index (χ1v) is 8.28. The molecule has 118 valence electrons. The van der Waals surface area contributed by atoms with Gasteiger partial charge in [0.25, 0.3) is 0 Å². The number of nitrogens with zero attached hydrogens (tertiary/aromatic N) is 1. The third kappa shape index (κ3) is 2.84. The van der Waals surface area contributed by atoms with Crippen LogP contribution in [0.4, 0.5) is 0 Å². The highest BCUT2D eigenvalue weighted by atomic mass is 16.5. The SMILES string of the molecule is COc1cccc(Cc2ccc3cc4n(c3c2)CCNCC4)c1. The fourth-order valence-electron chi connectivity index (χ4n) is 3.49. The summed E-state index contributed by atoms with van der Waals surface area (Å²) in [4.78, 5) is 0. The molecule has 0 fully saturated rings. The molecule has 1 aromatic heterocycles. The van der Waals surface area contributed by atoms with Crippen LogP contribution in [0.3, 0.4) is 0 Å². The van der Waals surface area contributed by atoms with Gasteiger partial charge in [-0.1, -0.05) is 24.3 Å². The zero-order valence-electron chi connectivity index (χ0n) is 13.5. The van der Waals surface area contributed by atoms with Gasteiger partial charge in [0, 0.05) is 37.3 Å². The number of fused-ring (bicyclic) bond motifs is 3. The van der Waals surface area contributed by atoms with Crippen LogP contribution in [0.15, 0.2) is 48.5 Å². The molecule has 0 saturated carbocycles. The number of benzene rings is 2. The summed E-state index contributed by atoms with van der Waals surface area (Å²) in [6.45, 7) is 3.19. The zero-order valence-corrected chi connectivity index (χ0v) is 13.5. The fourth-order valence-corrected chi connectivity index (χ4v) is 3.49. The van der Waals surface area contributed by atoms with E-state index in [4.69, 9.17) is 4.74 Å². The summed E-state index contributed by atoms with van der Waals surface area (Å²) in [6, 6.07) is 17.5. The minimum absolute atomic E-state index is 0.922. The van der Waals surface area contributed by atoms with Crippen LogP contribution in [0.25, 0.3) is 10.9 Å². The van der Waals surface area contributed by atoms with E-state index in [1.54, 1.807) is 7.11 Å². The average molecular weight is 306 g/mol. The normalized spacial score (nSPS) is 14.5. The van der Waals surface area contributed by atoms with E-state index in [-0.39, 0.29) is 0 Å². The predicted molar refractivity (Wildman–Crippen MR) is 94.3 cm³/mol. The minimum atomic E-state index is 0.922. The van der Waals surface area contributed by atoms with Crippen molar-refractivity contribution < 1.29 is 4.74 Å². The summed E-state index contributed by atoms with van der Waals surface area (Å²) >= 11 is 0. The third-order valence-corrected chi connectivity index (χ3v) is 4.67. The van der Waals surface area contributed by atoms with Crippen LogP contribution in [-0.4, -0.2) is 24.8 Å². The van der Waals surface area contributed by atoms with E-state index in [2.05, 4.69) is 52.3 Å². The molecule has 0 radical (unpaired) electrons. The summed E-state index contributed by atoms with van der Waals surface area (Å²) in [6.07, 6.45) is 2.05. The zero-order chi connectivity index (χ0) is 15.6. The van der Waals surface area contributed by atoms with Gasteiger partial charge in [0.15, 0.2) is 0 Å². The van der Waals surface area contributed by atoms with Crippen molar-refractivity contribution >= 4 is 10.9 Å². The molecule has 4 rings (SSSR count). The van der Waals surface area contributed by atoms with E-state index in [0.717, 1.165) is 38.2 Å². The summed E-state index contributed by atoms with van der Waals surface area (Å²) in [7, 11) is 1.72. The Bertz CT molecular complexity index is 835. The molecule has 0 aliphatic carbocycles. The summed E-state index contributed by atoms with van der Waals surface area (Å²) in [5.41, 5.74) is 5.45. The highest BCUT2D eigenvalue weighted by molar-refractivity contribution is 5.82. The molecule has 0 bridgehead atoms. The summed E-state index contributed by atoms with van der Waals surface area (Å²) in [5.74, 6) is 0.922. The Hall–Kier alpha value is -2.26. The topological polar surface area (TPSA) is 26.2 Å². The first kappa shape index (κ1) is 14.3. The van der Waals surface area contributed by atoms with Crippen LogP contribution in [0.5, 0.6) is 5.75 Å². The molecular weight excluding hydrogens is 284 g/mol. The highest BCUT2D eigenvalue weighted by Gasteiger charge is 2.12. The third-order valence-electron chi connectivity index (χ3n) is 4.67. The van der Waals surface area contributed by atoms with Crippen LogP contribution in [0.2, 0.25) is 0 Å². The van der Waals surface area contributed by atoms with Gasteiger partial charge < -0.3 is 14.6 Å². The molecule has 0 amide bonds. The van der Waals surface area contributed by atoms with Crippen molar-refractivity contribution in [3.8, 4) is 5.75 Å². The number of aromatic nitrogens is 1. The van der Waals surface area contributed by atoms with Gasteiger partial charge >= 0.3 is 0 Å². The standard InChI is InChI=1S/C20H22N2O/c1-23-19-4-2-3-15(12-19)11-16-5-6-17-14-18-7-8-21-9-10-22(18)20(17)13-16/h2-6,12-14,21H,7-11H2,1H3. The van der Waals surface area contributed by atoms with Crippen molar-refractivity contribution in [2.45, 2.75) is 19.4 Å². The van der Waals surface area contributed by atoms with E-state index >= 15 is 0 Å². The Morgan fingerprint density at radius 3 is 2.87 bits per heavy atom. The molecular formula is C20H22N2O. The Balaban J connectivity index is 1.69. The second kappa shape index (κ2) is 6.09. The first-order chi connectivity index (χ1) is 11.3. The fraction of sp³-hybridized carbons (Fsp3) is 0.300. The van der Waals surface area contributed by atoms with Crippen molar-refractivity contribution in [3.05, 3.63) is 65.4 Å². The lowest BCUT2D eigenvalue weighted by Gasteiger charge is -2.08. The van der Waals surface area contributed by atoms with E-state index in [1.165, 1.54) is 27.7 Å². The lowest BCUT2D eigenvalue weighted by Crippen LogP contribution is -2.17. The maximum absolute atomic E-state index is 5.33. The predicted octanol–water partition coefficient (Wildman–Crippen LogP) is 3.39. The number of hydrogen-bond acceptors (Lipinski definition) is 2. The monoisotopic (exact) mass is 306 g/mol. The minimum Gasteiger partial charge on any atom is -0.497 e. The smallest absolute Gasteiger partial charge is 0.119 e. The Morgan fingerprint density at radius 2 is 1.96 bits per heavy atom. The number of hydrogen-bond donors (Lipinski definition) is 1. The Kier molecular flexibility index (Phi) is 3.80. The van der Waals surface area contributed by atoms with Gasteiger partial charge in [0.1, 0.15) is 5.75 Å². The quantitative estimate of drug-likeness (QED) is 0.803. The van der Waals surface area contributed by atoms with Crippen LogP contribution < -0.4 is 10.1 Å². The first-order valence-electron chi connectivity index (χ1n) is 8.28. The molecule has 3 heteroatoms. The molecule has 3 nitrogen and oxygen atoms in total. The maximum atomic E-state index is 5.33. The van der Waals surface area contributed by atoms with E-state index < -0.39 is 0 Å². The number of nitrogens with one attached hydrogen (secondary N) is 1. The molecule has 0 unspecified atom stereocenters. The van der Waals surface area contributed by atoms with Gasteiger partial charge in [-0.25, -0.2) is 0 Å². The molecule has 0 atom stereocenters. The van der Waals surface area contributed by atoms with Crippen LogP contribution >= 0.6 is 0 Å². The van der Waals surface area contributed by atoms with Gasteiger partial charge in [0.05, 0.1) is 7.11 Å². The second-order valence-electron chi connectivity index (χ2n) is 6.21. The number of methoxy groups -OCH3 is 1. The van der Waals surface area contributed by atoms with Crippen molar-refractivity contribution in [1.82, 2.24) is 9.88 Å². The van der Waals surface area contributed by atoms with E-state index in [0.29, 0.717) is 0 Å². The lowest BCUT2D eigenvalue weighted by molar-refractivity contribution is 0.414. The summed E-state index contributed by atoms with van der Waals surface area (Å²) in [5, 5.41) is 4.84. The van der Waals surface area contributed by atoms with Crippen molar-refractivity contribution in [3.63, 3.8) is 0 Å². The van der Waals surface area contributed by atoms with Crippen molar-refractivity contribution in [2.24, 2.45) is 0 Å². The Morgan fingerprint density at radius 1 is 1.04 bits per heavy atom. The van der Waals surface area contributed by atoms with E-state index in [9.17, 15) is 0 Å². The van der Waals surface area contributed by atoms with Gasteiger partial charge in [-0.3, -0.25) is 0 Å². The molecule has 0 saturated heterocycles. The van der Waals surface area contributed by atoms with Crippen molar-refractivity contribution in [1.29, 1.82) is 0 Å².